The molecule has 13 aromatic rings. The third kappa shape index (κ3) is 34.6. The summed E-state index contributed by atoms with van der Waals surface area (Å²) in [5.74, 6) is 1.70. The van der Waals surface area contributed by atoms with E-state index in [4.69, 9.17) is 67.5 Å². The van der Waals surface area contributed by atoms with Crippen molar-refractivity contribution in [2.75, 3.05) is 13.8 Å². The van der Waals surface area contributed by atoms with Crippen LogP contribution >= 0.6 is 28.3 Å². The van der Waals surface area contributed by atoms with E-state index in [1.807, 2.05) is 32.9 Å². The molecule has 0 bridgehead atoms. The summed E-state index contributed by atoms with van der Waals surface area (Å²) in [4.78, 5) is 81.9. The molecule has 5 aromatic heterocycles. The van der Waals surface area contributed by atoms with Crippen LogP contribution in [-0.4, -0.2) is 141 Å². The SMILES string of the molecule is CC(C)Oc1cc(-c2nc(CBr)co2)ccc1OC(F)F.CC(C)Oc1cc(-c2nc(CN)co2)ccc1OC(F)F.CC(C)Oc1cc(-c2nc(CN3C(=O)c4ccccc4C3=O)co2)ccc1OC(F)F.CC(C)Oc1cc(-c2nc(CO)co2)ccc1OC(F)F.CCOc1ccccc1C(=O)CCc1coc(-c2ccc(OC(C)F)c(OC(C)C)c2)n1.Cl.O=C1[N-]C(=O)c2ccccc21.[2H]CF.[K+]. The Bertz CT molecular complexity index is 5910. The molecule has 0 radical (unpaired) electrons. The summed E-state index contributed by atoms with van der Waals surface area (Å²) in [6, 6.07) is 43.3. The number of carbonyl (C=O) groups is 5. The van der Waals surface area contributed by atoms with Crippen molar-refractivity contribution in [1.29, 1.82) is 0 Å². The number of rotatable bonds is 36. The van der Waals surface area contributed by atoms with Crippen molar-refractivity contribution in [2.45, 2.75) is 184 Å². The van der Waals surface area contributed by atoms with Crippen LogP contribution < -0.4 is 109 Å². The standard InChI is InChI=1S/C25H28FNO5.C22H18F2N2O5.C14H14BrF2NO3.C14H16F2N2O3.C14H15F2NO4.C8H5NO2.CH3F.ClH.K/c1-5-29-22-9-7-6-8-20(22)21(28)12-11-19-15-30-25(27-19)18-10-13-23(32-17(4)26)24(14-18)31-16(2)3;1-12(2)30-18-9-13(7-8-17(18)31-22(23)24)19-25-14(11-29-19)10-26-20(27)15-5-3-4-6-16(15)21(26)28;1-8(2)20-12-5-9(3-4-11(12)21-14(16)17)13-18-10(6-15)7-19-13;1-8(2)20-12-5-9(3-4-11(12)21-14(15)16)13-18-10(6-17)7-19-13;1-8(2)20-12-5-9(3-4-11(12)21-14(15)16)13-17-10(6-18)7-19-13;10-7-5-3-1-2-4-6(5)8(11)9-7;1-2;;/h6-10,13-17H,5,11-12H2,1-4H3;3-9,11-12,22H,10H2,1-2H3;3-5,7-8,14H,6H2,1-2H3;3-5,7-8,14H,6,17H2,1-2H3;3-5,7-8,14,18H,6H2,1-2H3;1-4H,(H,9,10,11);1H3;1H;/q;;;;;;;;+1/p-1/i;;;;;;1D;;. The van der Waals surface area contributed by atoms with Gasteiger partial charge in [0.1, 0.15) is 42.8 Å². The van der Waals surface area contributed by atoms with E-state index in [9.17, 15) is 67.9 Å². The maximum atomic E-state index is 13.3. The molecule has 43 heteroatoms. The summed E-state index contributed by atoms with van der Waals surface area (Å²) < 4.78 is 212. The van der Waals surface area contributed by atoms with E-state index in [1.165, 1.54) is 86.8 Å². The van der Waals surface area contributed by atoms with Crippen LogP contribution in [0.25, 0.3) is 62.6 Å². The van der Waals surface area contributed by atoms with Crippen molar-refractivity contribution >= 4 is 57.7 Å². The molecule has 7 heterocycles. The third-order valence-electron chi connectivity index (χ3n) is 18.1. The summed E-state index contributed by atoms with van der Waals surface area (Å²) in [5.41, 5.74) is 13.2. The van der Waals surface area contributed by atoms with Gasteiger partial charge in [-0.25, -0.2) is 29.3 Å². The van der Waals surface area contributed by atoms with Crippen molar-refractivity contribution in [1.82, 2.24) is 29.8 Å². The van der Waals surface area contributed by atoms with Crippen molar-refractivity contribution in [3.63, 3.8) is 0 Å². The summed E-state index contributed by atoms with van der Waals surface area (Å²) in [7, 11) is -1.00. The number of oxazole rings is 5. The largest absolute Gasteiger partial charge is 1.00 e. The molecule has 0 saturated heterocycles. The van der Waals surface area contributed by atoms with Gasteiger partial charge in [-0.1, -0.05) is 64.5 Å². The van der Waals surface area contributed by atoms with Gasteiger partial charge in [0, 0.05) is 70.6 Å². The number of ketones is 1. The molecule has 30 nitrogen and oxygen atoms in total. The fraction of sp³-hybridized carbons (Fsp3) is 0.306. The maximum Gasteiger partial charge on any atom is 1.00 e. The number of hydrogen-bond acceptors (Lipinski definition) is 28. The van der Waals surface area contributed by atoms with Crippen molar-refractivity contribution < 1.29 is 200 Å². The number of ether oxygens (including phenoxy) is 11. The van der Waals surface area contributed by atoms with Crippen LogP contribution in [0, 0.1) is 0 Å². The number of amides is 4. The number of imide groups is 2. The number of para-hydroxylation sites is 1. The Labute approximate surface area is 861 Å². The molecule has 2 aliphatic heterocycles. The average Bonchev–Trinajstić information content (AvgIpc) is 1.67. The Morgan fingerprint density at radius 3 is 1.03 bits per heavy atom. The van der Waals surface area contributed by atoms with Gasteiger partial charge in [0.25, 0.3) is 11.8 Å². The number of benzene rings is 8. The predicted octanol–water partition coefficient (Wildman–Crippen LogP) is 21.0. The van der Waals surface area contributed by atoms with Crippen molar-refractivity contribution in [2.24, 2.45) is 5.73 Å². The molecule has 1 unspecified atom stereocenters. The molecule has 748 valence electrons. The van der Waals surface area contributed by atoms with E-state index >= 15 is 0 Å². The molecular formula is C98H99BrClF10KN8O22. The van der Waals surface area contributed by atoms with E-state index < -0.39 is 63.6 Å². The Morgan fingerprint density at radius 1 is 0.418 bits per heavy atom. The van der Waals surface area contributed by atoms with E-state index in [2.05, 4.69) is 65.1 Å². The molecule has 0 saturated carbocycles. The number of nitrogens with zero attached hydrogens (tertiary/aromatic N) is 7. The number of carbonyl (C=O) groups excluding carboxylic acids is 5. The van der Waals surface area contributed by atoms with Gasteiger partial charge >= 0.3 is 77.8 Å². The number of Topliss-reactive ketones (excluding diaryl/α,β-unsaturated/α-hetero) is 1. The number of aliphatic hydroxyl groups is 1. The molecule has 4 amide bonds. The van der Waals surface area contributed by atoms with Gasteiger partial charge in [-0.3, -0.25) is 23.7 Å². The molecule has 141 heavy (non-hydrogen) atoms. The molecule has 8 aromatic carbocycles. The van der Waals surface area contributed by atoms with Crippen LogP contribution in [0.3, 0.4) is 0 Å². The molecule has 0 fully saturated rings. The second-order valence-electron chi connectivity index (χ2n) is 30.4. The quantitative estimate of drug-likeness (QED) is 0.0121. The molecule has 3 N–H and O–H groups in total. The summed E-state index contributed by atoms with van der Waals surface area (Å²) in [6.45, 7) is 9.85. The molecule has 1 atom stereocenters. The van der Waals surface area contributed by atoms with Crippen LogP contribution in [0.4, 0.5) is 43.9 Å². The minimum absolute atomic E-state index is 0. The monoisotopic (exact) mass is 2080 g/mol. The first-order valence-corrected chi connectivity index (χ1v) is 43.7. The van der Waals surface area contributed by atoms with Gasteiger partial charge < -0.3 is 99.9 Å². The van der Waals surface area contributed by atoms with E-state index in [0.717, 1.165) is 10.6 Å². The maximum absolute atomic E-state index is 13.3. The zero-order valence-corrected chi connectivity index (χ0v) is 83.7. The second-order valence-corrected chi connectivity index (χ2v) is 31.0. The summed E-state index contributed by atoms with van der Waals surface area (Å²) in [6.07, 6.45) is 5.44. The number of halogens is 12. The number of aryl methyl sites for hydroxylation is 1. The first-order chi connectivity index (χ1) is 66.9. The molecule has 0 aliphatic carbocycles. The van der Waals surface area contributed by atoms with Crippen molar-refractivity contribution in [3.05, 3.63) is 257 Å². The summed E-state index contributed by atoms with van der Waals surface area (Å²) in [5, 5.41) is 12.8. The first kappa shape index (κ1) is 113. The van der Waals surface area contributed by atoms with E-state index in [0.29, 0.717) is 132 Å². The first-order valence-electron chi connectivity index (χ1n) is 43.3. The number of nitrogens with two attached hydrogens (primary N) is 1. The molecular weight excluding hydrogens is 1990 g/mol. The topological polar surface area (TPSA) is 381 Å². The zero-order valence-electron chi connectivity index (χ0n) is 79.2. The molecule has 15 rings (SSSR count). The van der Waals surface area contributed by atoms with Gasteiger partial charge in [0.2, 0.25) is 35.8 Å². The van der Waals surface area contributed by atoms with Gasteiger partial charge in [-0.15, -0.1) is 12.4 Å². The minimum atomic E-state index is -2.99. The summed E-state index contributed by atoms with van der Waals surface area (Å²) >= 11 is 3.28. The number of hydrogen-bond donors (Lipinski definition) is 2. The van der Waals surface area contributed by atoms with Gasteiger partial charge in [-0.05, 0) is 191 Å². The van der Waals surface area contributed by atoms with Gasteiger partial charge in [0.05, 0.1) is 110 Å². The molecule has 0 spiro atoms. The van der Waals surface area contributed by atoms with E-state index in [1.54, 1.807) is 159 Å². The Balaban J connectivity index is 0.000000234. The van der Waals surface area contributed by atoms with E-state index in [-0.39, 0.29) is 184 Å². The average molecular weight is 2090 g/mol. The number of aliphatic hydroxyl groups excluding tert-OH is 1. The predicted molar refractivity (Wildman–Crippen MR) is 496 cm³/mol. The number of alkyl halides is 11. The van der Waals surface area contributed by atoms with Crippen LogP contribution in [0.2, 0.25) is 0 Å². The Morgan fingerprint density at radius 2 is 0.716 bits per heavy atom. The Kier molecular flexibility index (Phi) is 45.5. The third-order valence-corrected chi connectivity index (χ3v) is 18.6. The van der Waals surface area contributed by atoms with Crippen molar-refractivity contribution in [3.8, 4) is 121 Å². The minimum Gasteiger partial charge on any atom is -0.587 e. The van der Waals surface area contributed by atoms with Crippen LogP contribution in [0.1, 0.15) is 171 Å². The smallest absolute Gasteiger partial charge is 0.587 e. The zero-order chi connectivity index (χ0) is 102. The second kappa shape index (κ2) is 56.6. The fourth-order valence-corrected chi connectivity index (χ4v) is 12.8. The van der Waals surface area contributed by atoms with Gasteiger partial charge in [-0.2, -0.15) is 35.1 Å². The van der Waals surface area contributed by atoms with Crippen LogP contribution in [-0.2, 0) is 31.4 Å². The van der Waals surface area contributed by atoms with Gasteiger partial charge in [0.15, 0.2) is 63.3 Å². The normalized spacial score (nSPS) is 11.9. The number of aromatic nitrogens is 5. The van der Waals surface area contributed by atoms with Crippen LogP contribution in [0.5, 0.6) is 63.2 Å². The van der Waals surface area contributed by atoms with Crippen LogP contribution in [0.15, 0.2) is 217 Å². The Hall–Kier alpha value is -12.8. The molecule has 2 aliphatic rings. The fourth-order valence-electron chi connectivity index (χ4n) is 12.6. The number of fused-ring (bicyclic) bond motifs is 2.